The number of unbranched alkanes of at least 4 members (excludes halogenated alkanes) is 4. The van der Waals surface area contributed by atoms with Crippen molar-refractivity contribution in [2.75, 3.05) is 99.0 Å². The summed E-state index contributed by atoms with van der Waals surface area (Å²) in [5.74, 6) is 5.40. The molecule has 0 fully saturated rings. The molecule has 696 valence electrons. The lowest BCUT2D eigenvalue weighted by atomic mass is 10.0. The van der Waals surface area contributed by atoms with Gasteiger partial charge in [0, 0.05) is 113 Å². The lowest BCUT2D eigenvalue weighted by molar-refractivity contribution is -0.133. The average molecular weight is 1840 g/mol. The number of oxazole rings is 1. The van der Waals surface area contributed by atoms with Crippen molar-refractivity contribution >= 4 is 55.1 Å². The highest BCUT2D eigenvalue weighted by Gasteiger charge is 2.32. The van der Waals surface area contributed by atoms with E-state index < -0.39 is 27.1 Å². The Morgan fingerprint density at radius 2 is 0.854 bits per heavy atom. The van der Waals surface area contributed by atoms with Crippen LogP contribution in [0.2, 0.25) is 0 Å². The van der Waals surface area contributed by atoms with Gasteiger partial charge >= 0.3 is 27.1 Å². The van der Waals surface area contributed by atoms with E-state index in [0.29, 0.717) is 81.0 Å². The summed E-state index contributed by atoms with van der Waals surface area (Å²) < 4.78 is 83.4. The minimum atomic E-state index is -4.73. The molecular weight excluding hydrogens is 1720 g/mol. The van der Waals surface area contributed by atoms with Gasteiger partial charge in [-0.1, -0.05) is 77.6 Å². The van der Waals surface area contributed by atoms with E-state index in [0.717, 1.165) is 150 Å². The predicted molar refractivity (Wildman–Crippen MR) is 512 cm³/mol. The number of benzene rings is 8. The number of esters is 2. The number of anilines is 2. The second kappa shape index (κ2) is 48.0. The van der Waals surface area contributed by atoms with Crippen molar-refractivity contribution < 1.29 is 100 Å². The van der Waals surface area contributed by atoms with Crippen LogP contribution in [0.5, 0.6) is 69.0 Å². The number of carbonyl (C=O) groups is 2. The zero-order chi connectivity index (χ0) is 94.7. The Kier molecular flexibility index (Phi) is 37.5. The van der Waals surface area contributed by atoms with Gasteiger partial charge in [-0.25, -0.2) is 19.9 Å². The van der Waals surface area contributed by atoms with Crippen molar-refractivity contribution in [1.29, 1.82) is 0 Å². The fourth-order valence-corrected chi connectivity index (χ4v) is 17.2. The van der Waals surface area contributed by atoms with Gasteiger partial charge in [0.15, 0.2) is 34.5 Å². The second-order valence-corrected chi connectivity index (χ2v) is 34.8. The maximum Gasteiger partial charge on any atom is 0.357 e. The molecule has 4 aromatic heterocycles. The van der Waals surface area contributed by atoms with E-state index in [1.807, 2.05) is 96.8 Å². The molecule has 8 N–H and O–H groups in total. The van der Waals surface area contributed by atoms with Crippen LogP contribution in [0.15, 0.2) is 144 Å². The SMILES string of the molecule is CCCCc1nc(-c2cc(OC)c(OC(C)=O)c(OC)c2)oc1CCCC.CCCCc1nc(-c2cc(OC)c(OC(C)=O)c(OC)c2)sc1CCCC.CCN(CC)c1ccc(-c2[nH]c(-c3cc(OC)c(O)c(OC)c3)nc2-c2ccc(N(CC)CCP(=O)(O)O)cc2)cc1.COc1ccc(-c2nc(-c3cc(C)c(O)c(C)c3P(=O)(O)O)[nH]c2-c2ccc(OC)cc2)cc1. The number of thiazole rings is 1. The summed E-state index contributed by atoms with van der Waals surface area (Å²) in [6.45, 7) is 23.5. The van der Waals surface area contributed by atoms with Crippen LogP contribution in [-0.2, 0) is 44.4 Å². The third kappa shape index (κ3) is 26.1. The largest absolute Gasteiger partial charge is 0.507 e. The van der Waals surface area contributed by atoms with Crippen LogP contribution in [0.3, 0.4) is 0 Å². The van der Waals surface area contributed by atoms with Crippen molar-refractivity contribution in [2.45, 2.75) is 153 Å². The normalized spacial score (nSPS) is 11.1. The summed E-state index contributed by atoms with van der Waals surface area (Å²) in [4.78, 5) is 93.3. The summed E-state index contributed by atoms with van der Waals surface area (Å²) in [7, 11) is 3.44. The number of ether oxygens (including phenoxy) is 10. The molecule has 12 aromatic rings. The van der Waals surface area contributed by atoms with Crippen LogP contribution in [0, 0.1) is 13.8 Å². The van der Waals surface area contributed by atoms with Gasteiger partial charge in [0.2, 0.25) is 23.1 Å². The van der Waals surface area contributed by atoms with Gasteiger partial charge in [-0.05, 0) is 200 Å². The molecule has 0 amide bonds. The first-order valence-corrected chi connectivity index (χ1v) is 47.5. The fourth-order valence-electron chi connectivity index (χ4n) is 14.5. The smallest absolute Gasteiger partial charge is 0.357 e. The Balaban J connectivity index is 0.000000199. The molecule has 0 spiro atoms. The summed E-state index contributed by atoms with van der Waals surface area (Å²) >= 11 is 1.73. The molecule has 0 saturated heterocycles. The van der Waals surface area contributed by atoms with Crippen molar-refractivity contribution in [2.24, 2.45) is 0 Å². The number of hydrogen-bond acceptors (Lipinski definition) is 24. The van der Waals surface area contributed by atoms with Crippen molar-refractivity contribution in [3.8, 4) is 159 Å². The van der Waals surface area contributed by atoms with E-state index in [2.05, 4.69) is 80.7 Å². The molecule has 32 heteroatoms. The molecule has 0 saturated carbocycles. The van der Waals surface area contributed by atoms with Crippen molar-refractivity contribution in [3.63, 3.8) is 0 Å². The van der Waals surface area contributed by atoms with Crippen LogP contribution in [-0.4, -0.2) is 161 Å². The van der Waals surface area contributed by atoms with E-state index in [1.165, 1.54) is 78.7 Å². The lowest BCUT2D eigenvalue weighted by Gasteiger charge is -2.23. The topological polar surface area (TPSA) is 385 Å². The average Bonchev–Trinajstić information content (AvgIpc) is 1.55. The summed E-state index contributed by atoms with van der Waals surface area (Å²) in [6.07, 6.45) is 12.6. The molecule has 130 heavy (non-hydrogen) atoms. The van der Waals surface area contributed by atoms with Gasteiger partial charge in [-0.2, -0.15) is 0 Å². The van der Waals surface area contributed by atoms with Crippen LogP contribution < -0.4 is 62.5 Å². The molecule has 0 bridgehead atoms. The molecule has 0 aliphatic rings. The quantitative estimate of drug-likeness (QED) is 0.0101. The maximum absolute atomic E-state index is 12.4. The van der Waals surface area contributed by atoms with Crippen LogP contribution >= 0.6 is 26.5 Å². The number of phenolic OH excluding ortho intramolecular Hbond substituents is 2. The first kappa shape index (κ1) is 102. The third-order valence-electron chi connectivity index (χ3n) is 21.5. The number of methoxy groups -OCH3 is 8. The number of nitrogens with one attached hydrogen (secondary N) is 2. The van der Waals surface area contributed by atoms with Gasteiger partial charge < -0.3 is 101 Å². The maximum atomic E-state index is 12.4. The number of aromatic hydroxyl groups is 2. The predicted octanol–water partition coefficient (Wildman–Crippen LogP) is 20.9. The van der Waals surface area contributed by atoms with Crippen LogP contribution in [0.1, 0.15) is 147 Å². The number of aromatic amines is 2. The molecule has 4 heterocycles. The number of phenols is 2. The minimum Gasteiger partial charge on any atom is -0.507 e. The molecular formula is C98H122N8O21P2S. The Morgan fingerprint density at radius 1 is 0.446 bits per heavy atom. The summed E-state index contributed by atoms with van der Waals surface area (Å²) in [5, 5.41) is 21.5. The lowest BCUT2D eigenvalue weighted by Crippen LogP contribution is -2.26. The van der Waals surface area contributed by atoms with Gasteiger partial charge in [0.1, 0.15) is 39.7 Å². The summed E-state index contributed by atoms with van der Waals surface area (Å²) in [6, 6.07) is 43.0. The number of imidazole rings is 2. The molecule has 0 aliphatic carbocycles. The van der Waals surface area contributed by atoms with E-state index in [4.69, 9.17) is 71.7 Å². The fraction of sp³-hybridized carbons (Fsp3) is 0.367. The number of aryl methyl sites for hydroxylation is 5. The molecule has 0 unspecified atom stereocenters. The highest BCUT2D eigenvalue weighted by atomic mass is 32.1. The number of carbonyl (C=O) groups excluding carboxylic acids is 2. The van der Waals surface area contributed by atoms with Gasteiger partial charge in [0.05, 0.1) is 103 Å². The standard InChI is InChI=1S/C31H39N4O6P.C25H25N2O6P.C21H29NO5.C21H29NO4S/c1-6-34(7-2)24-13-9-21(10-14-24)28-29(22-11-15-25(16-12-22)35(8-3)17-18-42(37,38)39)33-31(32-28)23-19-26(40-4)30(36)27(20-23)41-5;1-14-13-20(24(34(29,30)31)15(2)23(14)28)25-26-21(16-5-9-18(32-3)10-6-16)22(27-25)17-7-11-19(33-4)12-8-17;1-6-8-10-16-17(11-9-7-2)27-21(22-16)15-12-18(24-4)20(26-14(3)23)19(13-15)25-5;1-6-8-10-16-19(11-9-7-2)27-21(22-16)15-12-17(24-4)20(26-14(3)23)18(13-15)25-5/h9-16,19-20,36H,6-8,17-18H2,1-5H3,(H,32,33)(H2,37,38,39);5-13,28H,1-4H3,(H,26,27)(H2,29,30,31);2*12-13H,6-11H2,1-5H3. The molecule has 0 radical (unpaired) electrons. The Bertz CT molecular complexity index is 5520. The van der Waals surface area contributed by atoms with Gasteiger partial charge in [-0.15, -0.1) is 11.3 Å². The first-order chi connectivity index (χ1) is 62.3. The molecule has 12 rings (SSSR count). The zero-order valence-corrected chi connectivity index (χ0v) is 80.2. The summed E-state index contributed by atoms with van der Waals surface area (Å²) in [5.41, 5.74) is 13.6. The van der Waals surface area contributed by atoms with Crippen molar-refractivity contribution in [1.82, 2.24) is 29.9 Å². The van der Waals surface area contributed by atoms with E-state index in [9.17, 15) is 48.5 Å². The van der Waals surface area contributed by atoms with E-state index in [1.54, 1.807) is 71.0 Å². The second-order valence-electron chi connectivity index (χ2n) is 30.4. The van der Waals surface area contributed by atoms with Crippen molar-refractivity contribution in [3.05, 3.63) is 173 Å². The van der Waals surface area contributed by atoms with Gasteiger partial charge in [-0.3, -0.25) is 18.7 Å². The number of rotatable bonds is 39. The third-order valence-corrected chi connectivity index (χ3v) is 24.6. The first-order valence-electron chi connectivity index (χ1n) is 43.3. The highest BCUT2D eigenvalue weighted by Crippen LogP contribution is 2.49. The zero-order valence-electron chi connectivity index (χ0n) is 77.6. The molecule has 29 nitrogen and oxygen atoms in total. The Morgan fingerprint density at radius 3 is 1.29 bits per heavy atom. The van der Waals surface area contributed by atoms with Gasteiger partial charge in [0.25, 0.3) is 0 Å². The molecule has 0 atom stereocenters. The van der Waals surface area contributed by atoms with Crippen LogP contribution in [0.4, 0.5) is 11.4 Å². The molecule has 0 aliphatic heterocycles. The molecule has 8 aromatic carbocycles. The minimum absolute atomic E-state index is 0.0856. The number of nitrogens with zero attached hydrogens (tertiary/aromatic N) is 6. The van der Waals surface area contributed by atoms with E-state index in [-0.39, 0.29) is 63.7 Å². The number of H-pyrrole nitrogens is 2. The Labute approximate surface area is 764 Å². The number of aromatic nitrogens is 6. The Hall–Kier alpha value is -12.1. The highest BCUT2D eigenvalue weighted by molar-refractivity contribution is 7.60. The number of hydrogen-bond donors (Lipinski definition) is 8. The van der Waals surface area contributed by atoms with Crippen LogP contribution in [0.25, 0.3) is 89.8 Å². The van der Waals surface area contributed by atoms with E-state index >= 15 is 0 Å². The monoisotopic (exact) mass is 1840 g/mol.